The van der Waals surface area contributed by atoms with Gasteiger partial charge in [-0.15, -0.1) is 0 Å². The number of aryl methyl sites for hydroxylation is 1. The molecule has 0 aliphatic carbocycles. The van der Waals surface area contributed by atoms with Crippen LogP contribution in [0.4, 0.5) is 0 Å². The van der Waals surface area contributed by atoms with E-state index in [9.17, 15) is 0 Å². The summed E-state index contributed by atoms with van der Waals surface area (Å²) in [4.78, 5) is 0. The lowest BCUT2D eigenvalue weighted by Gasteiger charge is -2.35. The van der Waals surface area contributed by atoms with E-state index in [1.807, 2.05) is 7.05 Å². The molecular weight excluding hydrogens is 234 g/mol. The molecule has 1 aliphatic rings. The molecule has 0 saturated heterocycles. The van der Waals surface area contributed by atoms with Crippen molar-refractivity contribution in [1.29, 1.82) is 0 Å². The largest absolute Gasteiger partial charge is 0.493 e. The summed E-state index contributed by atoms with van der Waals surface area (Å²) in [7, 11) is 2.05. The van der Waals surface area contributed by atoms with E-state index in [-0.39, 0.29) is 5.41 Å². The average molecular weight is 261 g/mol. The van der Waals surface area contributed by atoms with Crippen molar-refractivity contribution in [1.82, 2.24) is 5.32 Å². The summed E-state index contributed by atoms with van der Waals surface area (Å²) in [5.41, 5.74) is 4.20. The fourth-order valence-corrected chi connectivity index (χ4v) is 2.92. The van der Waals surface area contributed by atoms with Crippen molar-refractivity contribution in [3.63, 3.8) is 0 Å². The number of nitrogens with one attached hydrogen (secondary N) is 1. The van der Waals surface area contributed by atoms with Crippen molar-refractivity contribution < 1.29 is 4.74 Å². The molecule has 19 heavy (non-hydrogen) atoms. The lowest BCUT2D eigenvalue weighted by Crippen LogP contribution is -2.33. The van der Waals surface area contributed by atoms with Gasteiger partial charge in [-0.25, -0.2) is 0 Å². The highest BCUT2D eigenvalue weighted by molar-refractivity contribution is 5.50. The van der Waals surface area contributed by atoms with Gasteiger partial charge in [0.2, 0.25) is 0 Å². The highest BCUT2D eigenvalue weighted by atomic mass is 16.5. The zero-order valence-electron chi connectivity index (χ0n) is 13.1. The highest BCUT2D eigenvalue weighted by Gasteiger charge is 2.31. The summed E-state index contributed by atoms with van der Waals surface area (Å²) in [6.45, 7) is 12.1. The highest BCUT2D eigenvalue weighted by Crippen LogP contribution is 2.42. The summed E-state index contributed by atoms with van der Waals surface area (Å²) >= 11 is 0. The van der Waals surface area contributed by atoms with E-state index in [0.717, 1.165) is 18.8 Å². The van der Waals surface area contributed by atoms with Gasteiger partial charge in [0.05, 0.1) is 6.61 Å². The monoisotopic (exact) mass is 261 g/mol. The first-order chi connectivity index (χ1) is 8.88. The maximum Gasteiger partial charge on any atom is 0.127 e. The molecule has 1 aliphatic heterocycles. The average Bonchev–Trinajstić information content (AvgIpc) is 2.36. The van der Waals surface area contributed by atoms with Gasteiger partial charge < -0.3 is 10.1 Å². The van der Waals surface area contributed by atoms with E-state index in [1.54, 1.807) is 0 Å². The van der Waals surface area contributed by atoms with Gasteiger partial charge in [-0.2, -0.15) is 0 Å². The van der Waals surface area contributed by atoms with Crippen LogP contribution in [0.25, 0.3) is 0 Å². The molecule has 1 aromatic rings. The Morgan fingerprint density at radius 2 is 2.00 bits per heavy atom. The first kappa shape index (κ1) is 14.4. The Hall–Kier alpha value is -1.02. The Kier molecular flexibility index (Phi) is 3.91. The van der Waals surface area contributed by atoms with Crippen molar-refractivity contribution in [2.75, 3.05) is 13.7 Å². The van der Waals surface area contributed by atoms with Gasteiger partial charge in [-0.3, -0.25) is 0 Å². The van der Waals surface area contributed by atoms with Crippen LogP contribution in [0.3, 0.4) is 0 Å². The van der Waals surface area contributed by atoms with E-state index in [1.165, 1.54) is 16.7 Å². The standard InChI is InChI=1S/C17H27NO/c1-7-12-8-13-15(18-6)11(2)10-19-16(13)14(9-12)17(3,4)5/h8-9,11,15,18H,7,10H2,1-6H3. The molecule has 2 rings (SSSR count). The van der Waals surface area contributed by atoms with Crippen LogP contribution in [-0.4, -0.2) is 13.7 Å². The zero-order chi connectivity index (χ0) is 14.2. The molecular formula is C17H27NO. The van der Waals surface area contributed by atoms with E-state index >= 15 is 0 Å². The number of rotatable bonds is 2. The van der Waals surface area contributed by atoms with Gasteiger partial charge >= 0.3 is 0 Å². The third-order valence-electron chi connectivity index (χ3n) is 4.10. The summed E-state index contributed by atoms with van der Waals surface area (Å²) < 4.78 is 6.08. The SMILES string of the molecule is CCc1cc2c(c(C(C)(C)C)c1)OCC(C)C2NC. The lowest BCUT2D eigenvalue weighted by molar-refractivity contribution is 0.189. The van der Waals surface area contributed by atoms with Gasteiger partial charge in [-0.05, 0) is 24.4 Å². The Bertz CT molecular complexity index is 459. The van der Waals surface area contributed by atoms with Crippen LogP contribution >= 0.6 is 0 Å². The van der Waals surface area contributed by atoms with E-state index < -0.39 is 0 Å². The molecule has 2 nitrogen and oxygen atoms in total. The molecule has 0 saturated carbocycles. The Balaban J connectivity index is 2.62. The van der Waals surface area contributed by atoms with Gasteiger partial charge in [-0.1, -0.05) is 46.8 Å². The van der Waals surface area contributed by atoms with Crippen LogP contribution in [0.1, 0.15) is 57.4 Å². The maximum atomic E-state index is 6.08. The van der Waals surface area contributed by atoms with Crippen molar-refractivity contribution in [3.05, 3.63) is 28.8 Å². The third-order valence-corrected chi connectivity index (χ3v) is 4.10. The summed E-state index contributed by atoms with van der Waals surface area (Å²) in [6.07, 6.45) is 1.07. The van der Waals surface area contributed by atoms with Crippen LogP contribution in [0.2, 0.25) is 0 Å². The Morgan fingerprint density at radius 3 is 2.53 bits per heavy atom. The fourth-order valence-electron chi connectivity index (χ4n) is 2.92. The molecule has 0 bridgehead atoms. The molecule has 1 aromatic carbocycles. The third kappa shape index (κ3) is 2.64. The lowest BCUT2D eigenvalue weighted by atomic mass is 9.80. The molecule has 2 atom stereocenters. The topological polar surface area (TPSA) is 21.3 Å². The summed E-state index contributed by atoms with van der Waals surface area (Å²) in [5.74, 6) is 1.62. The second-order valence-corrected chi connectivity index (χ2v) is 6.72. The molecule has 0 aromatic heterocycles. The molecule has 0 radical (unpaired) electrons. The second kappa shape index (κ2) is 5.16. The minimum atomic E-state index is 0.119. The summed E-state index contributed by atoms with van der Waals surface area (Å²) in [6, 6.07) is 5.04. The summed E-state index contributed by atoms with van der Waals surface area (Å²) in [5, 5.41) is 3.46. The number of hydrogen-bond donors (Lipinski definition) is 1. The van der Waals surface area contributed by atoms with Crippen LogP contribution < -0.4 is 10.1 Å². The minimum absolute atomic E-state index is 0.119. The number of ether oxygens (including phenoxy) is 1. The predicted molar refractivity (Wildman–Crippen MR) is 81.0 cm³/mol. The number of benzene rings is 1. The van der Waals surface area contributed by atoms with Crippen LogP contribution in [0.15, 0.2) is 12.1 Å². The first-order valence-electron chi connectivity index (χ1n) is 7.35. The molecule has 0 amide bonds. The van der Waals surface area contributed by atoms with Crippen molar-refractivity contribution in [3.8, 4) is 5.75 Å². The number of fused-ring (bicyclic) bond motifs is 1. The van der Waals surface area contributed by atoms with Gasteiger partial charge in [0.25, 0.3) is 0 Å². The second-order valence-electron chi connectivity index (χ2n) is 6.72. The van der Waals surface area contributed by atoms with Crippen molar-refractivity contribution in [2.24, 2.45) is 5.92 Å². The normalized spacial score (nSPS) is 22.8. The van der Waals surface area contributed by atoms with Crippen LogP contribution in [0.5, 0.6) is 5.75 Å². The Labute approximate surface area is 117 Å². The molecule has 0 fully saturated rings. The first-order valence-corrected chi connectivity index (χ1v) is 7.35. The van der Waals surface area contributed by atoms with E-state index in [0.29, 0.717) is 12.0 Å². The van der Waals surface area contributed by atoms with Crippen LogP contribution in [0, 0.1) is 5.92 Å². The minimum Gasteiger partial charge on any atom is -0.493 e. The molecule has 2 unspecified atom stereocenters. The van der Waals surface area contributed by atoms with E-state index in [4.69, 9.17) is 4.74 Å². The quantitative estimate of drug-likeness (QED) is 0.873. The van der Waals surface area contributed by atoms with Gasteiger partial charge in [0.15, 0.2) is 0 Å². The number of hydrogen-bond acceptors (Lipinski definition) is 2. The zero-order valence-corrected chi connectivity index (χ0v) is 13.1. The van der Waals surface area contributed by atoms with E-state index in [2.05, 4.69) is 52.1 Å². The van der Waals surface area contributed by atoms with Gasteiger partial charge in [0, 0.05) is 23.1 Å². The molecule has 1 N–H and O–H groups in total. The fraction of sp³-hybridized carbons (Fsp3) is 0.647. The molecule has 0 spiro atoms. The molecule has 2 heteroatoms. The smallest absolute Gasteiger partial charge is 0.127 e. The van der Waals surface area contributed by atoms with Crippen molar-refractivity contribution in [2.45, 2.75) is 52.5 Å². The van der Waals surface area contributed by atoms with Crippen molar-refractivity contribution >= 4 is 0 Å². The Morgan fingerprint density at radius 1 is 1.32 bits per heavy atom. The predicted octanol–water partition coefficient (Wildman–Crippen LogP) is 3.84. The maximum absolute atomic E-state index is 6.08. The molecule has 106 valence electrons. The van der Waals surface area contributed by atoms with Crippen LogP contribution in [-0.2, 0) is 11.8 Å². The molecule has 1 heterocycles. The van der Waals surface area contributed by atoms with Gasteiger partial charge in [0.1, 0.15) is 5.75 Å².